The molecule has 0 saturated heterocycles. The van der Waals surface area contributed by atoms with Crippen LogP contribution in [0, 0.1) is 104 Å². The quantitative estimate of drug-likeness (QED) is 0.0328. The third-order valence-corrected chi connectivity index (χ3v) is 42.9. The van der Waals surface area contributed by atoms with Gasteiger partial charge in [-0.25, -0.2) is 0 Å². The van der Waals surface area contributed by atoms with Gasteiger partial charge in [-0.15, -0.1) is 0 Å². The summed E-state index contributed by atoms with van der Waals surface area (Å²) in [5, 5.41) is 66.3. The Morgan fingerprint density at radius 3 is 0.406 bits per heavy atom. The highest BCUT2D eigenvalue weighted by Gasteiger charge is 2.67. The van der Waals surface area contributed by atoms with Crippen molar-refractivity contribution in [1.29, 1.82) is 0 Å². The molecule has 0 spiro atoms. The van der Waals surface area contributed by atoms with E-state index in [0.717, 1.165) is 332 Å². The molecule has 138 heavy (non-hydrogen) atoms. The van der Waals surface area contributed by atoms with Crippen LogP contribution in [-0.4, -0.2) is 109 Å². The maximum Gasteiger partial charge on any atom is 0.303 e. The minimum Gasteiger partial charge on any atom is -0.496 e. The van der Waals surface area contributed by atoms with E-state index in [9.17, 15) is 59.4 Å². The molecule has 0 heterocycles. The molecule has 0 aromatic heterocycles. The third kappa shape index (κ3) is 14.8. The number of carboxylic acids is 6. The fraction of sp³-hybridized carbons (Fsp3) is 0.650. The van der Waals surface area contributed by atoms with Gasteiger partial charge in [-0.2, -0.15) is 0 Å². The maximum atomic E-state index is 13.5. The average molecular weight is 1870 g/mol. The lowest BCUT2D eigenvalue weighted by atomic mass is 9.42. The predicted molar refractivity (Wildman–Crippen MR) is 521 cm³/mol. The fourth-order valence-corrected chi connectivity index (χ4v) is 42.6. The number of rotatable bonds is 24. The monoisotopic (exact) mass is 1870 g/mol. The summed E-state index contributed by atoms with van der Waals surface area (Å²) in [4.78, 5) is 80.8. The molecular weight excluding hydrogens is 1730 g/mol. The lowest BCUT2D eigenvalue weighted by Gasteiger charge is -2.62. The number of hydrogen-bond donors (Lipinski definition) is 6. The Morgan fingerprint density at radius 1 is 0.203 bits per heavy atom. The molecule has 732 valence electrons. The van der Waals surface area contributed by atoms with Gasteiger partial charge in [-0.1, -0.05) is 72.8 Å². The summed E-state index contributed by atoms with van der Waals surface area (Å²) in [5.74, 6) is 4.57. The van der Waals surface area contributed by atoms with Gasteiger partial charge in [0.25, 0.3) is 0 Å². The third-order valence-electron chi connectivity index (χ3n) is 42.9. The smallest absolute Gasteiger partial charge is 0.303 e. The number of carbonyl (C=O) groups is 6. The molecule has 36 bridgehead atoms. The van der Waals surface area contributed by atoms with Gasteiger partial charge in [0.05, 0.1) is 81.2 Å². The Hall–Kier alpha value is -9.06. The van der Waals surface area contributed by atoms with Crippen LogP contribution in [0.5, 0.6) is 34.5 Å². The molecule has 31 rings (SSSR count). The van der Waals surface area contributed by atoms with Crippen LogP contribution in [0.4, 0.5) is 0 Å². The van der Waals surface area contributed by atoms with Gasteiger partial charge in [0.1, 0.15) is 34.5 Å². The molecule has 25 aliphatic carbocycles. The summed E-state index contributed by atoms with van der Waals surface area (Å²) in [5.41, 5.74) is 15.2. The lowest BCUT2D eigenvalue weighted by Crippen LogP contribution is -2.54. The van der Waals surface area contributed by atoms with Crippen LogP contribution in [-0.2, 0) is 99.8 Å². The summed E-state index contributed by atoms with van der Waals surface area (Å²) < 4.78 is 43.6. The first-order valence-electron chi connectivity index (χ1n) is 53.6. The van der Waals surface area contributed by atoms with E-state index in [0.29, 0.717) is 110 Å². The molecule has 25 aliphatic rings. The molecule has 24 fully saturated rings. The molecule has 0 amide bonds. The van der Waals surface area contributed by atoms with E-state index in [4.69, 9.17) is 28.4 Å². The number of methoxy groups -OCH3 is 6. The van der Waals surface area contributed by atoms with E-state index in [1.54, 1.807) is 0 Å². The Kier molecular flexibility index (Phi) is 20.7. The second-order valence-corrected chi connectivity index (χ2v) is 52.9. The van der Waals surface area contributed by atoms with Crippen LogP contribution in [0.25, 0.3) is 0 Å². The van der Waals surface area contributed by atoms with Crippen molar-refractivity contribution in [2.24, 2.45) is 104 Å². The first kappa shape index (κ1) is 90.2. The molecule has 24 saturated carbocycles. The predicted octanol–water partition coefficient (Wildman–Crippen LogP) is 23.5. The molecular formula is C120H144O18. The Morgan fingerprint density at radius 2 is 0.312 bits per heavy atom. The van der Waals surface area contributed by atoms with E-state index < -0.39 is 35.8 Å². The van der Waals surface area contributed by atoms with Gasteiger partial charge in [0, 0.05) is 38.5 Å². The standard InChI is InChI=1S/C120H144O18/c1-133-103-79-13-81-21-92(116-45-69-8-70(46-116)34-110(33-69,62-116)56-98(123)124)23-83(104(81)134-2)15-85-25-94(118-49-73-10-74(50-118)38-112(37-73,64-118)58-100(127)128)27-87(106(85)136-4)17-89-29-96(120-53-77-12-78(54-120)42-114(41-77,66-120)60-102(131)132)30-90(108(89)138-6)18-88-28-95(119-51-75-11-76(52-119)40-113(39-75,65-119)59-101(129)130)26-86(107(88)137-5)16-84-24-93(117-47-71-9-72(48-117)36-111(35-71,63-117)57-99(125)126)22-82(105(84)135-3)14-80(103)20-91(19-79)115-43-67-7-68(44-115)32-109(31-67,61-115)55-97(121)122/h19-30,67-78H,7-18,31-66H2,1-6H3,(H,121,122)(H,123,124)(H,125,126)(H,127,128)(H,129,130)(H,131,132)/t67-,68+,69-,70+,71-,72+,73-,74+,75-,76+,77-,78+,109?,110?,111?,112?,113?,114?,115?,116?,117?,118?,119?,120?. The average Bonchev–Trinajstić information content (AvgIpc) is 0.715. The second-order valence-electron chi connectivity index (χ2n) is 52.9. The molecule has 6 aromatic carbocycles. The summed E-state index contributed by atoms with van der Waals surface area (Å²) in [6.07, 6.45) is 36.9. The molecule has 6 N–H and O–H groups in total. The number of fused-ring (bicyclic) bond motifs is 12. The van der Waals surface area contributed by atoms with Crippen LogP contribution in [0.15, 0.2) is 72.8 Å². The number of ether oxygens (including phenoxy) is 6. The maximum absolute atomic E-state index is 13.5. The highest BCUT2D eigenvalue weighted by molar-refractivity contribution is 5.72. The second kappa shape index (κ2) is 31.7. The van der Waals surface area contributed by atoms with Crippen molar-refractivity contribution in [2.75, 3.05) is 42.7 Å². The van der Waals surface area contributed by atoms with Crippen molar-refractivity contribution < 1.29 is 87.8 Å². The Bertz CT molecular complexity index is 4950. The van der Waals surface area contributed by atoms with E-state index >= 15 is 0 Å². The zero-order valence-electron chi connectivity index (χ0n) is 82.4. The van der Waals surface area contributed by atoms with Gasteiger partial charge >= 0.3 is 35.8 Å². The minimum absolute atomic E-state index is 0.137. The molecule has 0 radical (unpaired) electrons. The topological polar surface area (TPSA) is 279 Å². The molecule has 6 aromatic rings. The lowest BCUT2D eigenvalue weighted by molar-refractivity contribution is -0.148. The summed E-state index contributed by atoms with van der Waals surface area (Å²) in [6, 6.07) is 29.7. The van der Waals surface area contributed by atoms with Crippen molar-refractivity contribution in [2.45, 2.75) is 341 Å². The normalized spacial score (nSPS) is 39.2. The van der Waals surface area contributed by atoms with Crippen molar-refractivity contribution >= 4 is 35.8 Å². The van der Waals surface area contributed by atoms with Crippen LogP contribution < -0.4 is 28.4 Å². The molecule has 12 unspecified atom stereocenters. The minimum atomic E-state index is -0.738. The van der Waals surface area contributed by atoms with Gasteiger partial charge in [0.15, 0.2) is 0 Å². The van der Waals surface area contributed by atoms with Crippen LogP contribution in [0.2, 0.25) is 0 Å². The van der Waals surface area contributed by atoms with E-state index in [-0.39, 0.29) is 104 Å². The van der Waals surface area contributed by atoms with Crippen molar-refractivity contribution in [3.8, 4) is 34.5 Å². The van der Waals surface area contributed by atoms with Gasteiger partial charge in [0.2, 0.25) is 0 Å². The van der Waals surface area contributed by atoms with E-state index in [1.807, 2.05) is 42.7 Å². The fourth-order valence-electron chi connectivity index (χ4n) is 42.6. The summed E-state index contributed by atoms with van der Waals surface area (Å²) >= 11 is 0. The number of hydrogen-bond acceptors (Lipinski definition) is 12. The van der Waals surface area contributed by atoms with Crippen LogP contribution in [0.3, 0.4) is 0 Å². The first-order valence-corrected chi connectivity index (χ1v) is 53.6. The summed E-state index contributed by atoms with van der Waals surface area (Å²) in [7, 11) is 11.0. The van der Waals surface area contributed by atoms with Crippen molar-refractivity contribution in [3.05, 3.63) is 173 Å². The zero-order valence-corrected chi connectivity index (χ0v) is 82.4. The van der Waals surface area contributed by atoms with Gasteiger partial charge in [-0.05, 0) is 467 Å². The largest absolute Gasteiger partial charge is 0.496 e. The molecule has 18 nitrogen and oxygen atoms in total. The number of carboxylic acid groups (broad SMARTS) is 6. The molecule has 0 aliphatic heterocycles. The number of aliphatic carboxylic acids is 6. The van der Waals surface area contributed by atoms with Crippen LogP contribution >= 0.6 is 0 Å². The highest BCUT2D eigenvalue weighted by Crippen LogP contribution is 2.75. The highest BCUT2D eigenvalue weighted by atomic mass is 16.5. The first-order chi connectivity index (χ1) is 66.0. The van der Waals surface area contributed by atoms with Gasteiger partial charge < -0.3 is 59.1 Å². The Labute approximate surface area is 813 Å². The SMILES string of the molecule is COc1c2cc(C34C[C@@H]5C[C@@H](CC(CC(=O)O)(C5)C3)C4)cc1Cc1cc(C34C[C@@H]5C[C@@H](CC(CC(=O)O)(C5)C3)C4)cc(c1OC)Cc1cc(C34C[C@@H]5C[C@@H](CC(CC(=O)O)(C5)C3)C4)cc(c1OC)Cc1cc(C34C[C@@H]5C[C@@H](CC(CC(=O)O)(C5)C3)C4)cc(c1OC)Cc1cc(C34C[C@@H]5C[C@@H](CC(CC(=O)O)(C5)C3)C4)cc(c1OC)Cc1cc(C34C[C@@H]5C[C@@H](CC(CC(=O)O)(C5)C3)C4)cc(c1OC)C2. The summed E-state index contributed by atoms with van der Waals surface area (Å²) in [6.45, 7) is 0. The zero-order chi connectivity index (χ0) is 94.9. The van der Waals surface area contributed by atoms with E-state index in [1.165, 1.54) is 33.4 Å². The molecule has 18 heteroatoms. The van der Waals surface area contributed by atoms with Crippen molar-refractivity contribution in [3.63, 3.8) is 0 Å². The van der Waals surface area contributed by atoms with E-state index in [2.05, 4.69) is 72.8 Å². The number of benzene rings is 6. The van der Waals surface area contributed by atoms with Crippen molar-refractivity contribution in [1.82, 2.24) is 0 Å². The van der Waals surface area contributed by atoms with Gasteiger partial charge in [-0.3, -0.25) is 28.8 Å². The Balaban J connectivity index is 0.761. The molecule has 24 atom stereocenters. The van der Waals surface area contributed by atoms with Crippen LogP contribution in [0.1, 0.15) is 370 Å².